The van der Waals surface area contributed by atoms with Crippen molar-refractivity contribution in [1.82, 2.24) is 0 Å². The second-order valence-corrected chi connectivity index (χ2v) is 28.6. The number of benzene rings is 6. The first-order valence-electron chi connectivity index (χ1n) is 24.3. The summed E-state index contributed by atoms with van der Waals surface area (Å²) in [5.74, 6) is 0. The van der Waals surface area contributed by atoms with Crippen molar-refractivity contribution in [2.75, 3.05) is 26.4 Å². The van der Waals surface area contributed by atoms with Gasteiger partial charge in [-0.25, -0.2) is 4.21 Å². The van der Waals surface area contributed by atoms with Gasteiger partial charge < -0.3 is 30.3 Å². The molecule has 6 aromatic carbocycles. The SMILES string of the molecule is C1CCOC1.C1CCOC1.C[Si](C)(C)OS(=O)(=O)C(F)(F)F.Cc1c[c-]cc(C(F)(F)F)c1.Cc1ccc(S(=O)c2ccc(C(F)(F)F)cc2)cc1.Cc1ccc([S+](c2ccc(C(F)(F)F)cc2)c2cc(C)cc(C(F)(F)F)c2)cc1.[Br-].[Mg+2]. The molecule has 2 unspecified atom stereocenters. The molecule has 0 amide bonds. The predicted octanol–water partition coefficient (Wildman–Crippen LogP) is 14.3. The molecule has 2 saturated heterocycles. The van der Waals surface area contributed by atoms with Crippen LogP contribution in [0.4, 0.5) is 65.9 Å². The molecule has 0 saturated carbocycles. The number of rotatable bonds is 7. The van der Waals surface area contributed by atoms with E-state index in [4.69, 9.17) is 9.47 Å². The smallest absolute Gasteiger partial charge is 1.00 e. The summed E-state index contributed by atoms with van der Waals surface area (Å²) < 4.78 is 234. The zero-order chi connectivity index (χ0) is 61.2. The van der Waals surface area contributed by atoms with Gasteiger partial charge in [-0.3, -0.25) is 0 Å². The van der Waals surface area contributed by atoms with Crippen molar-refractivity contribution in [3.63, 3.8) is 0 Å². The standard InChI is InChI=1S/C22H17F6S.C14H11F3OS.C8H6F3.C4H9F3O3SSi.2C4H8O.BrH.Mg/c1-14-3-7-18(8-4-14)29(19-9-5-16(6-10-19)21(23,24)25)20-12-15(2)11-17(13-20)22(26,27)28;1-10-2-6-12(7-3-10)19(18)13-8-4-11(5-9-13)14(15,16)17;1-6-3-2-4-7(5-6)8(9,10)11;1-12(2,3)10-11(8,9)4(5,6)7;2*1-2-4-5-3-1;;/h3-13H,1-2H3;2-9H,1H3;3-5H,1H3;1-3H3;2*1-4H2;1H;/q+1;;-1;;;;;+2/p-1. The average Bonchev–Trinajstić information content (AvgIpc) is 4.30. The third-order valence-corrected chi connectivity index (χ3v) is 17.5. The van der Waals surface area contributed by atoms with Crippen LogP contribution in [0.1, 0.15) is 70.2 Å². The van der Waals surface area contributed by atoms with Gasteiger partial charge in [0.2, 0.25) is 8.32 Å². The fourth-order valence-electron chi connectivity index (χ4n) is 6.61. The molecular weight excluding hydrogens is 1280 g/mol. The van der Waals surface area contributed by atoms with E-state index in [0.29, 0.717) is 30.7 Å². The van der Waals surface area contributed by atoms with Crippen molar-refractivity contribution >= 4 is 63.2 Å². The van der Waals surface area contributed by atoms with Gasteiger partial charge in [0.15, 0.2) is 14.7 Å². The van der Waals surface area contributed by atoms with Gasteiger partial charge in [-0.1, -0.05) is 47.9 Å². The zero-order valence-corrected chi connectivity index (χ0v) is 52.2. The quantitative estimate of drug-likeness (QED) is 0.0521. The Morgan fingerprint density at radius 1 is 0.470 bits per heavy atom. The molecule has 0 bridgehead atoms. The maximum Gasteiger partial charge on any atom is 2.00 e. The van der Waals surface area contributed by atoms with Crippen LogP contribution < -0.4 is 17.0 Å². The molecule has 0 aromatic heterocycles. The molecule has 2 heterocycles. The third-order valence-electron chi connectivity index (χ3n) is 10.5. The number of ether oxygens (including phenoxy) is 2. The van der Waals surface area contributed by atoms with Crippen molar-refractivity contribution in [1.29, 1.82) is 0 Å². The Balaban J connectivity index is 0.000000549. The molecule has 454 valence electrons. The van der Waals surface area contributed by atoms with Crippen molar-refractivity contribution in [2.45, 2.75) is 128 Å². The molecule has 0 spiro atoms. The minimum absolute atomic E-state index is 0. The van der Waals surface area contributed by atoms with Gasteiger partial charge in [-0.2, -0.15) is 104 Å². The summed E-state index contributed by atoms with van der Waals surface area (Å²) in [5, 5.41) is 0. The minimum atomic E-state index is -5.39. The number of halogens is 16. The molecule has 0 aliphatic carbocycles. The van der Waals surface area contributed by atoms with E-state index in [1.54, 1.807) is 44.2 Å². The Hall–Kier alpha value is -3.94. The van der Waals surface area contributed by atoms with Crippen LogP contribution in [0.3, 0.4) is 0 Å². The predicted molar refractivity (Wildman–Crippen MR) is 289 cm³/mol. The molecule has 2 aliphatic rings. The number of alkyl halides is 15. The van der Waals surface area contributed by atoms with Gasteiger partial charge in [0.25, 0.3) is 0 Å². The van der Waals surface area contributed by atoms with Crippen molar-refractivity contribution in [3.8, 4) is 0 Å². The Morgan fingerprint density at radius 2 is 0.819 bits per heavy atom. The monoisotopic (exact) mass is 1340 g/mol. The first-order chi connectivity index (χ1) is 37.3. The number of aryl methyl sites for hydroxylation is 4. The van der Waals surface area contributed by atoms with Crippen LogP contribution in [0.2, 0.25) is 19.6 Å². The molecule has 8 rings (SSSR count). The van der Waals surface area contributed by atoms with E-state index in [-0.39, 0.29) is 40.0 Å². The average molecular weight is 1340 g/mol. The van der Waals surface area contributed by atoms with Crippen LogP contribution in [0.5, 0.6) is 0 Å². The van der Waals surface area contributed by atoms with Crippen molar-refractivity contribution in [2.24, 2.45) is 0 Å². The largest absolute Gasteiger partial charge is 2.00 e. The van der Waals surface area contributed by atoms with Crippen molar-refractivity contribution in [3.05, 3.63) is 184 Å². The van der Waals surface area contributed by atoms with Crippen molar-refractivity contribution < 1.29 is 109 Å². The summed E-state index contributed by atoms with van der Waals surface area (Å²) in [5.41, 5.74) is -5.25. The second kappa shape index (κ2) is 33.8. The number of hydrogen-bond acceptors (Lipinski definition) is 6. The van der Waals surface area contributed by atoms with E-state index in [2.05, 4.69) is 9.94 Å². The Bertz CT molecular complexity index is 2980. The first kappa shape index (κ1) is 77.1. The molecule has 27 heteroatoms. The summed E-state index contributed by atoms with van der Waals surface area (Å²) in [6.45, 7) is 15.0. The second-order valence-electron chi connectivity index (χ2n) is 18.8. The van der Waals surface area contributed by atoms with E-state index < -0.39 is 92.6 Å². The van der Waals surface area contributed by atoms with Gasteiger partial charge >= 0.3 is 63.4 Å². The number of hydrogen-bond donors (Lipinski definition) is 0. The molecule has 2 atom stereocenters. The summed E-state index contributed by atoms with van der Waals surface area (Å²) in [6.07, 6.45) is -12.5. The van der Waals surface area contributed by atoms with E-state index in [1.165, 1.54) is 75.7 Å². The molecule has 0 N–H and O–H groups in total. The molecule has 0 radical (unpaired) electrons. The summed E-state index contributed by atoms with van der Waals surface area (Å²) in [6, 6.07) is 33.0. The van der Waals surface area contributed by atoms with E-state index in [0.717, 1.165) is 91.0 Å². The van der Waals surface area contributed by atoms with E-state index in [1.807, 2.05) is 38.1 Å². The van der Waals surface area contributed by atoms with Gasteiger partial charge in [0.1, 0.15) is 0 Å². The molecule has 2 fully saturated rings. The maximum atomic E-state index is 13.3. The van der Waals surface area contributed by atoms with E-state index in [9.17, 15) is 78.5 Å². The minimum Gasteiger partial charge on any atom is -1.00 e. The van der Waals surface area contributed by atoms with Crippen LogP contribution >= 0.6 is 0 Å². The normalized spacial score (nSPS) is 14.3. The third kappa shape index (κ3) is 28.0. The van der Waals surface area contributed by atoms with Crippen LogP contribution in [-0.4, -0.2) is 75.9 Å². The fourth-order valence-corrected chi connectivity index (χ4v) is 12.8. The van der Waals surface area contributed by atoms with Gasteiger partial charge in [0, 0.05) is 42.3 Å². The summed E-state index contributed by atoms with van der Waals surface area (Å²) in [4.78, 5) is 2.58. The van der Waals surface area contributed by atoms with E-state index >= 15 is 0 Å². The summed E-state index contributed by atoms with van der Waals surface area (Å²) >= 11 is 0. The molecule has 6 nitrogen and oxygen atoms in total. The van der Waals surface area contributed by atoms with Gasteiger partial charge in [0.05, 0.1) is 38.4 Å². The van der Waals surface area contributed by atoms with Crippen LogP contribution in [0.15, 0.2) is 158 Å². The van der Waals surface area contributed by atoms with Gasteiger partial charge in [-0.05, 0) is 157 Å². The van der Waals surface area contributed by atoms with Crippen LogP contribution in [-0.2, 0) is 69.9 Å². The Labute approximate surface area is 506 Å². The molecule has 6 aromatic rings. The maximum absolute atomic E-state index is 13.3. The Morgan fingerprint density at radius 3 is 1.13 bits per heavy atom. The molecule has 2 aliphatic heterocycles. The molecular formula is C56H59BrF15MgO6S3Si+. The first-order valence-corrected chi connectivity index (χ1v) is 31.5. The fraction of sp³-hybridized carbons (Fsp3) is 0.357. The topological polar surface area (TPSA) is 78.9 Å². The Kier molecular flexibility index (Phi) is 31.4. The zero-order valence-electron chi connectivity index (χ0n) is 45.8. The molecule has 83 heavy (non-hydrogen) atoms. The van der Waals surface area contributed by atoms with Gasteiger partial charge in [-0.15, -0.1) is 0 Å². The van der Waals surface area contributed by atoms with Crippen LogP contribution in [0, 0.1) is 33.8 Å². The summed E-state index contributed by atoms with van der Waals surface area (Å²) in [7, 11) is -10.5. The van der Waals surface area contributed by atoms with Crippen LogP contribution in [0.25, 0.3) is 0 Å².